The van der Waals surface area contributed by atoms with E-state index in [1.54, 1.807) is 12.3 Å². The number of allylic oxidation sites excluding steroid dienone is 1. The molecule has 2 saturated carbocycles. The molecule has 0 unspecified atom stereocenters. The largest absolute Gasteiger partial charge is 0.450 e. The van der Waals surface area contributed by atoms with E-state index in [0.717, 1.165) is 42.5 Å². The molecule has 1 aromatic carbocycles. The SMILES string of the molecule is CCOC(=O)N[C@@H]1CC[C@@H]2[C@@H](C1)C[C@@H]1[C@H]([C@H]2/C=C/c2ccc(-c3cccc(F)c3)cn2)[C@@H](C)C(=O)N1C. The van der Waals surface area contributed by atoms with Gasteiger partial charge in [0.25, 0.3) is 0 Å². The monoisotopic (exact) mass is 505 g/mol. The number of pyridine rings is 1. The predicted octanol–water partition coefficient (Wildman–Crippen LogP) is 5.54. The Morgan fingerprint density at radius 2 is 2.05 bits per heavy atom. The van der Waals surface area contributed by atoms with Gasteiger partial charge in [0, 0.05) is 36.8 Å². The van der Waals surface area contributed by atoms with Crippen LogP contribution in [0.3, 0.4) is 0 Å². The molecule has 0 bridgehead atoms. The van der Waals surface area contributed by atoms with Gasteiger partial charge in [0.2, 0.25) is 5.91 Å². The Bertz CT molecular complexity index is 1170. The number of aromatic nitrogens is 1. The zero-order valence-corrected chi connectivity index (χ0v) is 21.8. The first kappa shape index (κ1) is 25.4. The van der Waals surface area contributed by atoms with Gasteiger partial charge >= 0.3 is 6.09 Å². The number of nitrogens with one attached hydrogen (secondary N) is 1. The highest BCUT2D eigenvalue weighted by atomic mass is 19.1. The van der Waals surface area contributed by atoms with Gasteiger partial charge < -0.3 is 15.0 Å². The van der Waals surface area contributed by atoms with Crippen LogP contribution in [0.5, 0.6) is 0 Å². The predicted molar refractivity (Wildman–Crippen MR) is 141 cm³/mol. The highest BCUT2D eigenvalue weighted by Gasteiger charge is 2.54. The van der Waals surface area contributed by atoms with Gasteiger partial charge in [0.1, 0.15) is 5.82 Å². The number of alkyl carbamates (subject to hydrolysis) is 1. The van der Waals surface area contributed by atoms with Gasteiger partial charge in [-0.2, -0.15) is 0 Å². The summed E-state index contributed by atoms with van der Waals surface area (Å²) < 4.78 is 18.7. The van der Waals surface area contributed by atoms with Crippen LogP contribution in [0.1, 0.15) is 45.2 Å². The van der Waals surface area contributed by atoms with Crippen LogP contribution in [-0.2, 0) is 9.53 Å². The molecule has 6 nitrogen and oxygen atoms in total. The summed E-state index contributed by atoms with van der Waals surface area (Å²) in [7, 11) is 1.94. The number of likely N-dealkylation sites (tertiary alicyclic amines) is 1. The molecule has 3 aliphatic rings. The second kappa shape index (κ2) is 10.6. The lowest BCUT2D eigenvalue weighted by Crippen LogP contribution is -2.50. The van der Waals surface area contributed by atoms with Crippen molar-refractivity contribution in [3.05, 3.63) is 60.2 Å². The second-order valence-electron chi connectivity index (χ2n) is 10.8. The number of amides is 2. The summed E-state index contributed by atoms with van der Waals surface area (Å²) in [6.45, 7) is 4.25. The second-order valence-corrected chi connectivity index (χ2v) is 10.8. The molecule has 0 spiro atoms. The summed E-state index contributed by atoms with van der Waals surface area (Å²) in [5, 5.41) is 3.04. The minimum Gasteiger partial charge on any atom is -0.450 e. The minimum absolute atomic E-state index is 0.00991. The zero-order valence-electron chi connectivity index (χ0n) is 21.8. The molecule has 2 heterocycles. The Balaban J connectivity index is 1.36. The van der Waals surface area contributed by atoms with Crippen molar-refractivity contribution in [2.75, 3.05) is 13.7 Å². The molecule has 2 amide bonds. The van der Waals surface area contributed by atoms with Gasteiger partial charge in [-0.15, -0.1) is 0 Å². The van der Waals surface area contributed by atoms with Gasteiger partial charge in [-0.1, -0.05) is 31.2 Å². The van der Waals surface area contributed by atoms with E-state index in [-0.39, 0.29) is 47.7 Å². The minimum atomic E-state index is -0.342. The first-order valence-electron chi connectivity index (χ1n) is 13.5. The van der Waals surface area contributed by atoms with Crippen LogP contribution >= 0.6 is 0 Å². The first-order valence-corrected chi connectivity index (χ1v) is 13.5. The van der Waals surface area contributed by atoms with Crippen LogP contribution < -0.4 is 5.32 Å². The molecule has 3 fully saturated rings. The van der Waals surface area contributed by atoms with Crippen LogP contribution in [0.4, 0.5) is 9.18 Å². The lowest BCUT2D eigenvalue weighted by molar-refractivity contribution is -0.130. The van der Waals surface area contributed by atoms with Gasteiger partial charge in [-0.25, -0.2) is 9.18 Å². The molecule has 0 radical (unpaired) electrons. The van der Waals surface area contributed by atoms with Gasteiger partial charge in [0.05, 0.1) is 12.3 Å². The average Bonchev–Trinajstić information content (AvgIpc) is 3.10. The number of fused-ring (bicyclic) bond motifs is 2. The first-order chi connectivity index (χ1) is 17.9. The molecule has 1 aliphatic heterocycles. The van der Waals surface area contributed by atoms with Crippen molar-refractivity contribution >= 4 is 18.1 Å². The van der Waals surface area contributed by atoms with Crippen LogP contribution in [0.15, 0.2) is 48.7 Å². The molecule has 1 saturated heterocycles. The summed E-state index contributed by atoms with van der Waals surface area (Å²) in [4.78, 5) is 31.6. The lowest BCUT2D eigenvalue weighted by Gasteiger charge is -2.49. The summed E-state index contributed by atoms with van der Waals surface area (Å²) in [6.07, 6.45) is 9.62. The van der Waals surface area contributed by atoms with Crippen LogP contribution in [0.2, 0.25) is 0 Å². The molecule has 37 heavy (non-hydrogen) atoms. The number of hydrogen-bond donors (Lipinski definition) is 1. The average molecular weight is 506 g/mol. The van der Waals surface area contributed by atoms with E-state index in [1.165, 1.54) is 12.1 Å². The summed E-state index contributed by atoms with van der Waals surface area (Å²) in [5.41, 5.74) is 2.52. The maximum Gasteiger partial charge on any atom is 0.407 e. The van der Waals surface area contributed by atoms with Crippen molar-refractivity contribution in [3.63, 3.8) is 0 Å². The molecular formula is C30H36FN3O3. The smallest absolute Gasteiger partial charge is 0.407 e. The molecule has 7 heteroatoms. The Kier molecular flexibility index (Phi) is 7.31. The summed E-state index contributed by atoms with van der Waals surface area (Å²) in [5.74, 6) is 1.39. The fraction of sp³-hybridized carbons (Fsp3) is 0.500. The molecule has 2 aromatic rings. The Hall–Kier alpha value is -3.22. The highest BCUT2D eigenvalue weighted by Crippen LogP contribution is 2.53. The summed E-state index contributed by atoms with van der Waals surface area (Å²) in [6, 6.07) is 10.8. The van der Waals surface area contributed by atoms with E-state index in [9.17, 15) is 14.0 Å². The van der Waals surface area contributed by atoms with Crippen molar-refractivity contribution in [1.82, 2.24) is 15.2 Å². The van der Waals surface area contributed by atoms with Crippen molar-refractivity contribution in [1.29, 1.82) is 0 Å². The normalized spacial score (nSPS) is 31.2. The third-order valence-electron chi connectivity index (χ3n) is 8.81. The van der Waals surface area contributed by atoms with Crippen molar-refractivity contribution < 1.29 is 18.7 Å². The van der Waals surface area contributed by atoms with E-state index in [2.05, 4.69) is 29.4 Å². The van der Waals surface area contributed by atoms with E-state index >= 15 is 0 Å². The Morgan fingerprint density at radius 3 is 2.78 bits per heavy atom. The molecule has 2 aliphatic carbocycles. The number of carbonyl (C=O) groups is 2. The maximum absolute atomic E-state index is 13.6. The number of halogens is 1. The van der Waals surface area contributed by atoms with Crippen LogP contribution in [-0.4, -0.2) is 47.6 Å². The molecule has 7 atom stereocenters. The van der Waals surface area contributed by atoms with E-state index in [4.69, 9.17) is 4.74 Å². The fourth-order valence-electron chi connectivity index (χ4n) is 7.10. The van der Waals surface area contributed by atoms with Gasteiger partial charge in [0.15, 0.2) is 0 Å². The van der Waals surface area contributed by atoms with Crippen LogP contribution in [0.25, 0.3) is 17.2 Å². The summed E-state index contributed by atoms with van der Waals surface area (Å²) >= 11 is 0. The van der Waals surface area contributed by atoms with Crippen LogP contribution in [0, 0.1) is 35.4 Å². The topological polar surface area (TPSA) is 71.5 Å². The number of rotatable bonds is 5. The van der Waals surface area contributed by atoms with E-state index in [0.29, 0.717) is 18.4 Å². The molecular weight excluding hydrogens is 469 g/mol. The highest BCUT2D eigenvalue weighted by molar-refractivity contribution is 5.81. The zero-order chi connectivity index (χ0) is 26.1. The quantitative estimate of drug-likeness (QED) is 0.579. The molecule has 5 rings (SSSR count). The van der Waals surface area contributed by atoms with Gasteiger partial charge in [-0.05, 0) is 86.1 Å². The standard InChI is InChI=1S/C30H36FN3O3/c1-4-37-30(36)33-24-11-12-25-21(15-24)16-27-28(18(2)29(35)34(27)3)26(25)13-10-23-9-8-20(17-32-23)19-6-5-7-22(31)14-19/h5-10,13-14,17-18,21,24-28H,4,11-12,15-16H2,1-3H3,(H,33,36)/b13-10+/t18-,21+,24-,25-,26+,27-,28+/m1/s1. The third kappa shape index (κ3) is 5.13. The van der Waals surface area contributed by atoms with Crippen molar-refractivity contribution in [3.8, 4) is 11.1 Å². The number of benzene rings is 1. The third-order valence-corrected chi connectivity index (χ3v) is 8.81. The number of carbonyl (C=O) groups excluding carboxylic acids is 2. The fourth-order valence-corrected chi connectivity index (χ4v) is 7.10. The maximum atomic E-state index is 13.6. The van der Waals surface area contributed by atoms with Crippen molar-refractivity contribution in [2.45, 2.75) is 51.6 Å². The number of nitrogens with zero attached hydrogens (tertiary/aromatic N) is 2. The number of hydrogen-bond acceptors (Lipinski definition) is 4. The van der Waals surface area contributed by atoms with Crippen molar-refractivity contribution in [2.24, 2.45) is 29.6 Å². The Labute approximate surface area is 218 Å². The van der Waals surface area contributed by atoms with E-state index < -0.39 is 0 Å². The van der Waals surface area contributed by atoms with Gasteiger partial charge in [-0.3, -0.25) is 9.78 Å². The number of ether oxygens (including phenoxy) is 1. The Morgan fingerprint density at radius 1 is 1.22 bits per heavy atom. The lowest BCUT2D eigenvalue weighted by atomic mass is 9.57. The molecule has 1 N–H and O–H groups in total. The molecule has 1 aromatic heterocycles. The van der Waals surface area contributed by atoms with E-state index in [1.807, 2.05) is 37.1 Å². The molecule has 196 valence electrons.